The second kappa shape index (κ2) is 18.8. The third-order valence-corrected chi connectivity index (χ3v) is 13.7. The molecule has 4 bridgehead atoms. The highest BCUT2D eigenvalue weighted by Crippen LogP contribution is 2.39. The minimum absolute atomic E-state index is 0.128. The van der Waals surface area contributed by atoms with Crippen molar-refractivity contribution >= 4 is 70.4 Å². The van der Waals surface area contributed by atoms with Gasteiger partial charge in [0.1, 0.15) is 23.7 Å². The molecule has 6 atom stereocenters. The van der Waals surface area contributed by atoms with Gasteiger partial charge in [-0.05, 0) is 117 Å². The molecular formula is C54H60N8O6. The van der Waals surface area contributed by atoms with Gasteiger partial charge in [0.15, 0.2) is 0 Å². The van der Waals surface area contributed by atoms with Gasteiger partial charge in [0, 0.05) is 13.1 Å². The van der Waals surface area contributed by atoms with Crippen molar-refractivity contribution in [1.29, 1.82) is 0 Å². The Morgan fingerprint density at radius 2 is 1.00 bits per heavy atom. The van der Waals surface area contributed by atoms with Crippen molar-refractivity contribution in [1.82, 2.24) is 40.4 Å². The highest BCUT2D eigenvalue weighted by atomic mass is 16.5. The Morgan fingerprint density at radius 3 is 1.38 bits per heavy atom. The summed E-state index contributed by atoms with van der Waals surface area (Å²) < 4.78 is 9.67. The number of carbonyl (C=O) groups excluding carboxylic acids is 4. The van der Waals surface area contributed by atoms with Gasteiger partial charge in [-0.1, -0.05) is 102 Å². The molecule has 2 aliphatic heterocycles. The lowest BCUT2D eigenvalue weighted by Gasteiger charge is -2.30. The van der Waals surface area contributed by atoms with Gasteiger partial charge in [0.05, 0.1) is 48.4 Å². The summed E-state index contributed by atoms with van der Waals surface area (Å²) in [4.78, 5) is 73.1. The monoisotopic (exact) mass is 916 g/mol. The average Bonchev–Trinajstić information content (AvgIpc) is 4.13. The molecule has 0 spiro atoms. The number of hydrogen-bond donors (Lipinski definition) is 4. The molecule has 12 rings (SSSR count). The lowest BCUT2D eigenvalue weighted by atomic mass is 9.92. The number of fused-ring (bicyclic) bond motifs is 2. The summed E-state index contributed by atoms with van der Waals surface area (Å²) in [6.45, 7) is 13.1. The maximum atomic E-state index is 13.9. The summed E-state index contributed by atoms with van der Waals surface area (Å²) in [7, 11) is 2.60. The van der Waals surface area contributed by atoms with E-state index in [0.29, 0.717) is 13.1 Å². The van der Waals surface area contributed by atoms with Crippen LogP contribution in [0.15, 0.2) is 72.8 Å². The van der Waals surface area contributed by atoms with E-state index in [0.717, 1.165) is 91.1 Å². The quantitative estimate of drug-likeness (QED) is 0.105. The van der Waals surface area contributed by atoms with Crippen molar-refractivity contribution in [3.63, 3.8) is 0 Å². The van der Waals surface area contributed by atoms with Gasteiger partial charge in [-0.25, -0.2) is 19.6 Å². The molecule has 2 saturated heterocycles. The first kappa shape index (κ1) is 45.9. The van der Waals surface area contributed by atoms with E-state index in [9.17, 15) is 19.2 Å². The normalized spacial score (nSPS) is 19.7. The zero-order valence-corrected chi connectivity index (χ0v) is 39.9. The number of methoxy groups -OCH3 is 2. The van der Waals surface area contributed by atoms with Gasteiger partial charge in [0.25, 0.3) is 0 Å². The van der Waals surface area contributed by atoms with Crippen molar-refractivity contribution in [3.05, 3.63) is 107 Å². The number of rotatable bonds is 10. The van der Waals surface area contributed by atoms with Gasteiger partial charge in [-0.2, -0.15) is 0 Å². The van der Waals surface area contributed by atoms with Crippen molar-refractivity contribution in [2.45, 2.75) is 78.6 Å². The van der Waals surface area contributed by atoms with E-state index in [4.69, 9.17) is 19.4 Å². The molecule has 0 saturated carbocycles. The number of likely N-dealkylation sites (tertiary alicyclic amines) is 2. The fraction of sp³-hybridized carbons (Fsp3) is 0.370. The number of ether oxygens (including phenoxy) is 2. The molecule has 4 amide bonds. The number of nitrogens with one attached hydrogen (secondary N) is 4. The number of hydrogen-bond acceptors (Lipinski definition) is 8. The van der Waals surface area contributed by atoms with Crippen LogP contribution in [0.3, 0.4) is 0 Å². The summed E-state index contributed by atoms with van der Waals surface area (Å²) in [5, 5.41) is 5.49. The summed E-state index contributed by atoms with van der Waals surface area (Å²) >= 11 is 0. The average molecular weight is 917 g/mol. The highest BCUT2D eigenvalue weighted by Gasteiger charge is 2.42. The van der Waals surface area contributed by atoms with Crippen LogP contribution in [-0.4, -0.2) is 93.1 Å². The third kappa shape index (κ3) is 9.11. The van der Waals surface area contributed by atoms with Crippen LogP contribution >= 0.6 is 0 Å². The lowest BCUT2D eigenvalue weighted by molar-refractivity contribution is -0.136. The minimum atomic E-state index is -0.716. The Hall–Kier alpha value is -7.22. The third-order valence-electron chi connectivity index (χ3n) is 13.7. The maximum Gasteiger partial charge on any atom is 0.407 e. The first-order valence-electron chi connectivity index (χ1n) is 23.6. The molecular weight excluding hydrogens is 857 g/mol. The van der Waals surface area contributed by atoms with E-state index in [2.05, 4.69) is 119 Å². The topological polar surface area (TPSA) is 175 Å². The van der Waals surface area contributed by atoms with Crippen LogP contribution in [0.1, 0.15) is 100 Å². The van der Waals surface area contributed by atoms with Crippen LogP contribution < -0.4 is 10.6 Å². The van der Waals surface area contributed by atoms with E-state index in [-0.39, 0.29) is 47.6 Å². The van der Waals surface area contributed by atoms with Crippen molar-refractivity contribution in [2.24, 2.45) is 23.7 Å². The number of aromatic nitrogens is 4. The van der Waals surface area contributed by atoms with Crippen molar-refractivity contribution < 1.29 is 28.7 Å². The number of nitrogens with zero attached hydrogens (tertiary/aromatic N) is 4. The second-order valence-electron chi connectivity index (χ2n) is 19.5. The minimum Gasteiger partial charge on any atom is -0.453 e. The molecule has 2 aromatic heterocycles. The lowest BCUT2D eigenvalue weighted by Crippen LogP contribution is -2.51. The first-order chi connectivity index (χ1) is 32.7. The van der Waals surface area contributed by atoms with Crippen molar-refractivity contribution in [2.75, 3.05) is 27.3 Å². The summed E-state index contributed by atoms with van der Waals surface area (Å²) in [5.41, 5.74) is 11.8. The fourth-order valence-electron chi connectivity index (χ4n) is 10.1. The van der Waals surface area contributed by atoms with E-state index >= 15 is 0 Å². The standard InChI is InChI=1S/C54H60N8O6/c1-29(2)47(59-53(65)67-7)51(63)61-27-31(5)21-45(61)49-55-41-19-17-37(25-43(41)57-49)39-23-33-9-13-35(39)15-11-34-10-14-36(16-12-33)40(24-34)38-18-20-42-44(26-38)58-50(56-42)46-22-32(6)28-62(46)52(64)48(30(3)4)60-54(66)68-8/h9-20,23-26,29-32,45-48H,21-22,27-28H2,1-8H3,(H,55,57)(H,56,58)(H,59,65)(H,60,66)/t31-,32-,45+,46+,47+,48+/m1/s1. The van der Waals surface area contributed by atoms with Crippen LogP contribution in [0.4, 0.5) is 9.59 Å². The number of H-pyrrole nitrogens is 2. The number of imidazole rings is 2. The Morgan fingerprint density at radius 1 is 0.588 bits per heavy atom. The van der Waals surface area contributed by atoms with Crippen LogP contribution in [0.5, 0.6) is 0 Å². The molecule has 352 valence electrons. The predicted octanol–water partition coefficient (Wildman–Crippen LogP) is 10.0. The predicted molar refractivity (Wildman–Crippen MR) is 266 cm³/mol. The Balaban J connectivity index is 0.980. The molecule has 4 heterocycles. The molecule has 14 nitrogen and oxygen atoms in total. The molecule has 68 heavy (non-hydrogen) atoms. The summed E-state index contributed by atoms with van der Waals surface area (Å²) in [5.74, 6) is 1.44. The van der Waals surface area contributed by atoms with Gasteiger partial charge >= 0.3 is 12.2 Å². The molecule has 4 N–H and O–H groups in total. The molecule has 4 aliphatic carbocycles. The molecule has 4 aromatic carbocycles. The smallest absolute Gasteiger partial charge is 0.407 e. The fourth-order valence-corrected chi connectivity index (χ4v) is 10.1. The number of carbonyl (C=O) groups is 4. The van der Waals surface area contributed by atoms with Gasteiger partial charge in [-0.3, -0.25) is 9.59 Å². The zero-order chi connectivity index (χ0) is 48.0. The van der Waals surface area contributed by atoms with Crippen LogP contribution in [-0.2, 0) is 19.1 Å². The van der Waals surface area contributed by atoms with E-state index in [1.165, 1.54) is 14.2 Å². The van der Waals surface area contributed by atoms with Crippen LogP contribution in [0.25, 0.3) is 68.6 Å². The molecule has 14 heteroatoms. The maximum absolute atomic E-state index is 13.9. The number of alkyl carbamates (subject to hydrolysis) is 2. The van der Waals surface area contributed by atoms with Crippen LogP contribution in [0.2, 0.25) is 0 Å². The zero-order valence-electron chi connectivity index (χ0n) is 39.9. The SMILES string of the molecule is COC(=O)N[C@H](C(=O)N1C[C@H](C)C[C@H]1c1nc2ccc(-c3cc4ccc3C=Cc3ccc(c(-c5ccc6nc([C@@H]7C[C@@H](C)CN7C(=O)[C@@H](NC(=O)OC)C(C)C)[nH]c6c5)c3)C=C4)cc2[nH]1)C(C)C. The molecule has 0 radical (unpaired) electrons. The van der Waals surface area contributed by atoms with Crippen molar-refractivity contribution in [3.8, 4) is 22.3 Å². The van der Waals surface area contributed by atoms with Gasteiger partial charge < -0.3 is 39.9 Å². The van der Waals surface area contributed by atoms with Gasteiger partial charge in [-0.15, -0.1) is 0 Å². The van der Waals surface area contributed by atoms with Gasteiger partial charge in [0.2, 0.25) is 11.8 Å². The largest absolute Gasteiger partial charge is 0.453 e. The molecule has 6 aliphatic rings. The Bertz CT molecular complexity index is 2780. The van der Waals surface area contributed by atoms with E-state index in [1.807, 2.05) is 49.6 Å². The summed E-state index contributed by atoms with van der Waals surface area (Å²) in [6.07, 6.45) is 8.88. The van der Waals surface area contributed by atoms with Crippen LogP contribution in [0, 0.1) is 23.7 Å². The molecule has 0 unspecified atom stereocenters. The number of benzene rings is 4. The summed E-state index contributed by atoms with van der Waals surface area (Å²) in [6, 6.07) is 23.6. The van der Waals surface area contributed by atoms with E-state index in [1.54, 1.807) is 0 Å². The molecule has 6 aromatic rings. The van der Waals surface area contributed by atoms with E-state index < -0.39 is 24.3 Å². The highest BCUT2D eigenvalue weighted by molar-refractivity contribution is 5.93. The number of aromatic amines is 2. The first-order valence-corrected chi connectivity index (χ1v) is 23.6. The molecule has 2 fully saturated rings. The second-order valence-corrected chi connectivity index (χ2v) is 19.5. The number of amides is 4. The Labute approximate surface area is 396 Å². The Kier molecular flexibility index (Phi) is 12.7.